The minimum atomic E-state index is -0.353. The van der Waals surface area contributed by atoms with Gasteiger partial charge in [-0.25, -0.2) is 0 Å². The maximum absolute atomic E-state index is 12.3. The highest BCUT2D eigenvalue weighted by molar-refractivity contribution is 6.57. The Balaban J connectivity index is 1.45. The van der Waals surface area contributed by atoms with E-state index in [2.05, 4.69) is 10.6 Å². The fourth-order valence-electron chi connectivity index (χ4n) is 4.31. The number of amides is 3. The number of hydrogen-bond acceptors (Lipinski definition) is 7. The number of ether oxygens (including phenoxy) is 2. The molecule has 0 unspecified atom stereocenters. The van der Waals surface area contributed by atoms with Gasteiger partial charge in [0, 0.05) is 25.9 Å². The Morgan fingerprint density at radius 1 is 0.568 bits per heavy atom. The Morgan fingerprint density at radius 3 is 1.34 bits per heavy atom. The van der Waals surface area contributed by atoms with Gasteiger partial charge < -0.3 is 25.0 Å². The van der Waals surface area contributed by atoms with Crippen molar-refractivity contribution < 1.29 is 33.4 Å². The highest BCUT2D eigenvalue weighted by Gasteiger charge is 2.16. The third-order valence-electron chi connectivity index (χ3n) is 6.86. The van der Waals surface area contributed by atoms with Crippen LogP contribution in [0.3, 0.4) is 0 Å². The summed E-state index contributed by atoms with van der Waals surface area (Å²) in [4.78, 5) is 61.5. The fourth-order valence-corrected chi connectivity index (χ4v) is 4.31. The lowest BCUT2D eigenvalue weighted by Gasteiger charge is -2.20. The quantitative estimate of drug-likeness (QED) is 0.119. The van der Waals surface area contributed by atoms with Crippen LogP contribution >= 0.6 is 0 Å². The van der Waals surface area contributed by atoms with Crippen LogP contribution in [0.15, 0.2) is 60.7 Å². The zero-order chi connectivity index (χ0) is 31.8. The molecule has 0 radical (unpaired) electrons. The van der Waals surface area contributed by atoms with Crippen molar-refractivity contribution in [2.24, 2.45) is 0 Å². The normalized spacial score (nSPS) is 10.5. The van der Waals surface area contributed by atoms with Gasteiger partial charge in [-0.3, -0.25) is 24.0 Å². The summed E-state index contributed by atoms with van der Waals surface area (Å²) in [7, 11) is 1.33. The topological polar surface area (TPSA) is 131 Å². The summed E-state index contributed by atoms with van der Waals surface area (Å²) in [5, 5.41) is 5.57. The molecule has 0 aliphatic rings. The molecule has 0 bridgehead atoms. The molecule has 3 amide bonds. The van der Waals surface area contributed by atoms with Crippen LogP contribution in [0.5, 0.6) is 0 Å². The van der Waals surface area contributed by atoms with Crippen molar-refractivity contribution in [1.82, 2.24) is 15.5 Å². The van der Waals surface area contributed by atoms with Crippen LogP contribution in [-0.2, 0) is 41.9 Å². The molecule has 2 N–H and O–H groups in total. The zero-order valence-corrected chi connectivity index (χ0v) is 25.9. The van der Waals surface area contributed by atoms with Gasteiger partial charge in [-0.15, -0.1) is 0 Å². The van der Waals surface area contributed by atoms with E-state index in [0.29, 0.717) is 25.9 Å². The van der Waals surface area contributed by atoms with E-state index in [0.717, 1.165) is 62.5 Å². The lowest BCUT2D eigenvalue weighted by molar-refractivity contribution is -0.146. The predicted octanol–water partition coefficient (Wildman–Crippen LogP) is 3.66. The second-order valence-corrected chi connectivity index (χ2v) is 10.7. The number of carbonyl (C=O) groups excluding carboxylic acids is 5. The number of carbonyl (C=O) groups is 5. The minimum absolute atomic E-state index is 0.184. The molecule has 0 saturated carbocycles. The van der Waals surface area contributed by atoms with Crippen molar-refractivity contribution in [3.8, 4) is 0 Å². The molecule has 0 spiro atoms. The summed E-state index contributed by atoms with van der Waals surface area (Å²) in [5.41, 5.74) is 1.92. The summed E-state index contributed by atoms with van der Waals surface area (Å²) in [5.74, 6) is -1.43. The lowest BCUT2D eigenvalue weighted by Crippen LogP contribution is -2.45. The second kappa shape index (κ2) is 22.4. The Bertz CT molecular complexity index is 1070. The summed E-state index contributed by atoms with van der Waals surface area (Å²) < 4.78 is 10.5. The number of benzene rings is 2. The second-order valence-electron chi connectivity index (χ2n) is 10.7. The first-order valence-electron chi connectivity index (χ1n) is 15.5. The Hall–Kier alpha value is -4.15. The third kappa shape index (κ3) is 17.7. The van der Waals surface area contributed by atoms with Gasteiger partial charge in [-0.05, 0) is 36.8 Å². The van der Waals surface area contributed by atoms with Crippen LogP contribution in [0, 0.1) is 0 Å². The van der Waals surface area contributed by atoms with E-state index in [9.17, 15) is 24.0 Å². The molecule has 0 aliphatic heterocycles. The molecule has 238 valence electrons. The zero-order valence-electron chi connectivity index (χ0n) is 25.9. The first kappa shape index (κ1) is 36.0. The molecule has 0 aliphatic carbocycles. The standard InChI is InChI=1S/C33H46BN3O7/c34-33(42)37(23-29(38)35-21-13-3-1-11-19-31(40)43-25-27-15-7-5-8-16-27)24-30(39)36-22-14-4-2-12-20-32(41)44-26-28-17-9-6-10-18-28/h5-10,15-18H,1-4,11-14,19-26,34H2,(H,35,38)(H,36,39). The molecular formula is C33H46BN3O7. The highest BCUT2D eigenvalue weighted by Crippen LogP contribution is 2.08. The maximum atomic E-state index is 12.3. The molecule has 2 aromatic rings. The average Bonchev–Trinajstić information content (AvgIpc) is 3.02. The van der Waals surface area contributed by atoms with Crippen LogP contribution in [0.1, 0.15) is 75.3 Å². The van der Waals surface area contributed by atoms with E-state index in [1.165, 1.54) is 12.7 Å². The van der Waals surface area contributed by atoms with E-state index < -0.39 is 0 Å². The van der Waals surface area contributed by atoms with Crippen LogP contribution in [0.4, 0.5) is 4.79 Å². The summed E-state index contributed by atoms with van der Waals surface area (Å²) >= 11 is 0. The first-order valence-corrected chi connectivity index (χ1v) is 15.5. The van der Waals surface area contributed by atoms with E-state index in [1.807, 2.05) is 60.7 Å². The van der Waals surface area contributed by atoms with Crippen molar-refractivity contribution in [2.75, 3.05) is 26.2 Å². The van der Waals surface area contributed by atoms with Gasteiger partial charge in [0.2, 0.25) is 19.7 Å². The van der Waals surface area contributed by atoms with Gasteiger partial charge in [-0.1, -0.05) is 86.3 Å². The molecule has 2 aromatic carbocycles. The third-order valence-corrected chi connectivity index (χ3v) is 6.86. The lowest BCUT2D eigenvalue weighted by atomic mass is 10.1. The van der Waals surface area contributed by atoms with Crippen LogP contribution in [0.25, 0.3) is 0 Å². The molecule has 2 rings (SSSR count). The Kier molecular flexibility index (Phi) is 18.4. The number of hydrogen-bond donors (Lipinski definition) is 2. The number of nitrogens with zero attached hydrogens (tertiary/aromatic N) is 1. The number of unbranched alkanes of at least 4 members (excludes halogenated alkanes) is 6. The van der Waals surface area contributed by atoms with Gasteiger partial charge in [0.15, 0.2) is 5.81 Å². The minimum Gasteiger partial charge on any atom is -0.461 e. The van der Waals surface area contributed by atoms with Crippen LogP contribution < -0.4 is 10.6 Å². The van der Waals surface area contributed by atoms with E-state index in [4.69, 9.17) is 9.47 Å². The van der Waals surface area contributed by atoms with Crippen molar-refractivity contribution in [2.45, 2.75) is 77.4 Å². The van der Waals surface area contributed by atoms with E-state index in [1.54, 1.807) is 0 Å². The molecule has 44 heavy (non-hydrogen) atoms. The smallest absolute Gasteiger partial charge is 0.306 e. The Morgan fingerprint density at radius 2 is 0.955 bits per heavy atom. The fraction of sp³-hybridized carbons (Fsp3) is 0.485. The molecule has 0 heterocycles. The van der Waals surface area contributed by atoms with Crippen molar-refractivity contribution in [3.63, 3.8) is 0 Å². The summed E-state index contributed by atoms with van der Waals surface area (Å²) in [6.45, 7) is 1.11. The largest absolute Gasteiger partial charge is 0.461 e. The van der Waals surface area contributed by atoms with Gasteiger partial charge in [0.05, 0.1) is 13.1 Å². The average molecular weight is 608 g/mol. The molecule has 11 heteroatoms. The molecule has 0 atom stereocenters. The molecule has 0 saturated heterocycles. The highest BCUT2D eigenvalue weighted by atomic mass is 16.5. The number of rotatable bonds is 22. The molecule has 0 fully saturated rings. The monoisotopic (exact) mass is 607 g/mol. The molecule has 0 aromatic heterocycles. The van der Waals surface area contributed by atoms with Crippen LogP contribution in [0.2, 0.25) is 0 Å². The van der Waals surface area contributed by atoms with Crippen molar-refractivity contribution >= 4 is 37.4 Å². The van der Waals surface area contributed by atoms with Crippen LogP contribution in [-0.4, -0.2) is 68.5 Å². The number of nitrogens with one attached hydrogen (secondary N) is 2. The maximum Gasteiger partial charge on any atom is 0.306 e. The van der Waals surface area contributed by atoms with Crippen molar-refractivity contribution in [1.29, 1.82) is 0 Å². The Labute approximate surface area is 261 Å². The van der Waals surface area contributed by atoms with Gasteiger partial charge >= 0.3 is 11.9 Å². The summed E-state index contributed by atoms with van der Waals surface area (Å²) in [6, 6.07) is 19.1. The molecule has 10 nitrogen and oxygen atoms in total. The van der Waals surface area contributed by atoms with Gasteiger partial charge in [0.1, 0.15) is 13.2 Å². The first-order chi connectivity index (χ1) is 21.3. The number of esters is 2. The van der Waals surface area contributed by atoms with Crippen molar-refractivity contribution in [3.05, 3.63) is 71.8 Å². The predicted molar refractivity (Wildman–Crippen MR) is 170 cm³/mol. The van der Waals surface area contributed by atoms with Gasteiger partial charge in [-0.2, -0.15) is 0 Å². The van der Waals surface area contributed by atoms with E-state index >= 15 is 0 Å². The van der Waals surface area contributed by atoms with Gasteiger partial charge in [0.25, 0.3) is 0 Å². The molecular weight excluding hydrogens is 561 g/mol. The summed E-state index contributed by atoms with van der Waals surface area (Å²) in [6.07, 6.45) is 7.06. The SMILES string of the molecule is BC(=O)N(CC(=O)NCCCCCCC(=O)OCc1ccccc1)CC(=O)NCCCCCCC(=O)OCc1ccccc1. The van der Waals surface area contributed by atoms with E-state index in [-0.39, 0.29) is 55.9 Å².